The molecular weight excluding hydrogens is 366 g/mol. The lowest BCUT2D eigenvalue weighted by atomic mass is 9.86. The van der Waals surface area contributed by atoms with Crippen molar-refractivity contribution in [3.05, 3.63) is 64.8 Å². The van der Waals surface area contributed by atoms with Gasteiger partial charge in [0, 0.05) is 16.7 Å². The highest BCUT2D eigenvalue weighted by molar-refractivity contribution is 5.71. The number of aromatic nitrogens is 3. The van der Waals surface area contributed by atoms with Gasteiger partial charge < -0.3 is 0 Å². The average molecular weight is 405 g/mol. The van der Waals surface area contributed by atoms with E-state index in [9.17, 15) is 0 Å². The Balaban J connectivity index is 2.43. The van der Waals surface area contributed by atoms with Gasteiger partial charge in [-0.15, -0.1) is 4.68 Å². The summed E-state index contributed by atoms with van der Waals surface area (Å²) in [6, 6.07) is 13.5. The van der Waals surface area contributed by atoms with Crippen LogP contribution in [-0.2, 0) is 7.05 Å². The highest BCUT2D eigenvalue weighted by Gasteiger charge is 2.29. The summed E-state index contributed by atoms with van der Waals surface area (Å²) >= 11 is 0. The highest BCUT2D eigenvalue weighted by Crippen LogP contribution is 2.38. The lowest BCUT2D eigenvalue weighted by molar-refractivity contribution is -0.731. The Kier molecular flexibility index (Phi) is 6.50. The monoisotopic (exact) mass is 404 g/mol. The minimum atomic E-state index is 0.422. The Bertz CT molecular complexity index is 889. The van der Waals surface area contributed by atoms with E-state index in [1.54, 1.807) is 0 Å². The van der Waals surface area contributed by atoms with Crippen LogP contribution >= 0.6 is 0 Å². The highest BCUT2D eigenvalue weighted by atomic mass is 15.5. The van der Waals surface area contributed by atoms with Gasteiger partial charge >= 0.3 is 0 Å². The molecule has 0 aliphatic heterocycles. The van der Waals surface area contributed by atoms with Crippen molar-refractivity contribution in [2.45, 2.75) is 79.1 Å². The third-order valence-electron chi connectivity index (χ3n) is 5.95. The molecule has 0 saturated heterocycles. The molecule has 160 valence electrons. The Morgan fingerprint density at radius 3 is 1.47 bits per heavy atom. The molecule has 0 aliphatic rings. The summed E-state index contributed by atoms with van der Waals surface area (Å²) in [6.45, 7) is 18.2. The standard InChI is InChI=1S/C27H38N3/c1-17(2)21-12-10-13-22(18(3)4)26(21)25-16-29(9)28-30(25)27-23(19(5)6)14-11-15-24(27)20(7)8/h10-20H,1-9H3/q+1. The first kappa shape index (κ1) is 22.3. The van der Waals surface area contributed by atoms with E-state index < -0.39 is 0 Å². The van der Waals surface area contributed by atoms with Gasteiger partial charge in [-0.2, -0.15) is 0 Å². The molecule has 3 nitrogen and oxygen atoms in total. The summed E-state index contributed by atoms with van der Waals surface area (Å²) in [6.07, 6.45) is 2.19. The molecule has 0 bridgehead atoms. The number of hydrogen-bond acceptors (Lipinski definition) is 1. The van der Waals surface area contributed by atoms with Crippen LogP contribution in [-0.4, -0.2) is 9.90 Å². The van der Waals surface area contributed by atoms with Gasteiger partial charge in [-0.1, -0.05) is 96.5 Å². The van der Waals surface area contributed by atoms with Crippen LogP contribution in [0.4, 0.5) is 0 Å². The SMILES string of the molecule is CC(C)c1cccc(C(C)C)c1-c1c[n+](C)nn1-c1c(C(C)C)cccc1C(C)C. The van der Waals surface area contributed by atoms with Crippen molar-refractivity contribution in [3.8, 4) is 16.9 Å². The molecule has 0 amide bonds. The van der Waals surface area contributed by atoms with Gasteiger partial charge in [0.25, 0.3) is 0 Å². The smallest absolute Gasteiger partial charge is 0.139 e. The fraction of sp³-hybridized carbons (Fsp3) is 0.481. The molecular formula is C27H38N3+. The van der Waals surface area contributed by atoms with Gasteiger partial charge in [-0.05, 0) is 34.8 Å². The Hall–Kier alpha value is -2.42. The Morgan fingerprint density at radius 1 is 0.667 bits per heavy atom. The molecule has 0 radical (unpaired) electrons. The van der Waals surface area contributed by atoms with Crippen molar-refractivity contribution in [1.29, 1.82) is 0 Å². The zero-order chi connectivity index (χ0) is 22.2. The molecule has 0 aliphatic carbocycles. The molecule has 0 fully saturated rings. The summed E-state index contributed by atoms with van der Waals surface area (Å²) < 4.78 is 4.16. The van der Waals surface area contributed by atoms with Crippen molar-refractivity contribution in [1.82, 2.24) is 9.90 Å². The van der Waals surface area contributed by atoms with Gasteiger partial charge in [0.1, 0.15) is 7.05 Å². The molecule has 0 atom stereocenters. The number of nitrogens with zero attached hydrogens (tertiary/aromatic N) is 3. The van der Waals surface area contributed by atoms with Crippen LogP contribution in [0.2, 0.25) is 0 Å². The van der Waals surface area contributed by atoms with Gasteiger partial charge in [-0.25, -0.2) is 0 Å². The maximum absolute atomic E-state index is 4.98. The van der Waals surface area contributed by atoms with Gasteiger partial charge in [0.15, 0.2) is 11.9 Å². The summed E-state index contributed by atoms with van der Waals surface area (Å²) in [7, 11) is 2.03. The first-order chi connectivity index (χ1) is 14.1. The third-order valence-corrected chi connectivity index (χ3v) is 5.95. The summed E-state index contributed by atoms with van der Waals surface area (Å²) in [5, 5.41) is 4.98. The first-order valence-electron chi connectivity index (χ1n) is 11.4. The lowest BCUT2D eigenvalue weighted by Gasteiger charge is -2.20. The number of rotatable bonds is 6. The van der Waals surface area contributed by atoms with E-state index in [1.165, 1.54) is 39.2 Å². The minimum absolute atomic E-state index is 0.422. The van der Waals surface area contributed by atoms with Gasteiger partial charge in [0.05, 0.1) is 5.21 Å². The van der Waals surface area contributed by atoms with E-state index in [-0.39, 0.29) is 0 Å². The average Bonchev–Trinajstić information content (AvgIpc) is 3.07. The number of aryl methyl sites for hydroxylation is 1. The molecule has 0 spiro atoms. The van der Waals surface area contributed by atoms with E-state index in [0.29, 0.717) is 23.7 Å². The molecule has 3 aromatic rings. The van der Waals surface area contributed by atoms with Crippen LogP contribution < -0.4 is 4.68 Å². The van der Waals surface area contributed by atoms with E-state index in [2.05, 4.69) is 103 Å². The van der Waals surface area contributed by atoms with Crippen molar-refractivity contribution < 1.29 is 4.68 Å². The summed E-state index contributed by atoms with van der Waals surface area (Å²) in [5.41, 5.74) is 9.22. The molecule has 3 rings (SSSR count). The number of benzene rings is 2. The van der Waals surface area contributed by atoms with E-state index >= 15 is 0 Å². The zero-order valence-corrected chi connectivity index (χ0v) is 20.2. The van der Waals surface area contributed by atoms with E-state index in [1.807, 2.05) is 11.7 Å². The molecule has 1 heterocycles. The molecule has 3 heteroatoms. The molecule has 30 heavy (non-hydrogen) atoms. The van der Waals surface area contributed by atoms with Crippen molar-refractivity contribution in [2.24, 2.45) is 7.05 Å². The van der Waals surface area contributed by atoms with E-state index in [0.717, 1.165) is 0 Å². The fourth-order valence-electron chi connectivity index (χ4n) is 4.39. The van der Waals surface area contributed by atoms with Crippen LogP contribution in [0.5, 0.6) is 0 Å². The second-order valence-electron chi connectivity index (χ2n) is 9.70. The molecule has 0 N–H and O–H groups in total. The van der Waals surface area contributed by atoms with Crippen molar-refractivity contribution in [2.75, 3.05) is 0 Å². The Labute approximate surface area is 182 Å². The number of para-hydroxylation sites is 1. The molecule has 0 saturated carbocycles. The molecule has 0 unspecified atom stereocenters. The van der Waals surface area contributed by atoms with Crippen LogP contribution in [0.15, 0.2) is 42.6 Å². The van der Waals surface area contributed by atoms with Crippen LogP contribution in [0.1, 0.15) is 101 Å². The second kappa shape index (κ2) is 8.75. The van der Waals surface area contributed by atoms with Crippen molar-refractivity contribution >= 4 is 0 Å². The predicted octanol–water partition coefficient (Wildman–Crippen LogP) is 6.86. The van der Waals surface area contributed by atoms with E-state index in [4.69, 9.17) is 5.21 Å². The summed E-state index contributed by atoms with van der Waals surface area (Å²) in [4.78, 5) is 0. The second-order valence-corrected chi connectivity index (χ2v) is 9.70. The topological polar surface area (TPSA) is 21.7 Å². The maximum atomic E-state index is 4.98. The largest absolute Gasteiger partial charge is 0.204 e. The van der Waals surface area contributed by atoms with Gasteiger partial charge in [-0.3, -0.25) is 0 Å². The third kappa shape index (κ3) is 4.08. The predicted molar refractivity (Wildman–Crippen MR) is 127 cm³/mol. The van der Waals surface area contributed by atoms with Crippen molar-refractivity contribution in [3.63, 3.8) is 0 Å². The van der Waals surface area contributed by atoms with Crippen LogP contribution in [0.25, 0.3) is 16.9 Å². The van der Waals surface area contributed by atoms with Gasteiger partial charge in [0.2, 0.25) is 5.69 Å². The molecule has 1 aromatic heterocycles. The maximum Gasteiger partial charge on any atom is 0.204 e. The fourth-order valence-corrected chi connectivity index (χ4v) is 4.39. The van der Waals surface area contributed by atoms with Crippen LogP contribution in [0, 0.1) is 0 Å². The molecule has 2 aromatic carbocycles. The van der Waals surface area contributed by atoms with Crippen LogP contribution in [0.3, 0.4) is 0 Å². The number of hydrogen-bond donors (Lipinski definition) is 0. The minimum Gasteiger partial charge on any atom is -0.139 e. The Morgan fingerprint density at radius 2 is 1.07 bits per heavy atom. The normalized spacial score (nSPS) is 12.0. The zero-order valence-electron chi connectivity index (χ0n) is 20.2. The first-order valence-corrected chi connectivity index (χ1v) is 11.4. The summed E-state index contributed by atoms with van der Waals surface area (Å²) in [5.74, 6) is 1.73. The quantitative estimate of drug-likeness (QED) is 0.411. The lowest BCUT2D eigenvalue weighted by Crippen LogP contribution is -2.30.